The lowest BCUT2D eigenvalue weighted by atomic mass is 10.1. The summed E-state index contributed by atoms with van der Waals surface area (Å²) < 4.78 is 0. The number of phenolic OH excluding ortho intramolecular Hbond substituents is 1. The predicted octanol–water partition coefficient (Wildman–Crippen LogP) is 4.05. The van der Waals surface area contributed by atoms with Crippen LogP contribution in [0.3, 0.4) is 0 Å². The second kappa shape index (κ2) is 4.41. The van der Waals surface area contributed by atoms with Crippen molar-refractivity contribution in [3.63, 3.8) is 0 Å². The number of aromatic nitrogens is 1. The van der Waals surface area contributed by atoms with Crippen LogP contribution >= 0.6 is 0 Å². The second-order valence-corrected chi connectivity index (χ2v) is 4.19. The molecule has 18 heavy (non-hydrogen) atoms. The van der Waals surface area contributed by atoms with Gasteiger partial charge in [0.05, 0.1) is 0 Å². The maximum atomic E-state index is 9.83. The molecule has 2 N–H and O–H groups in total. The zero-order chi connectivity index (χ0) is 12.4. The fourth-order valence-electron chi connectivity index (χ4n) is 2.05. The minimum absolute atomic E-state index is 0.302. The molecule has 0 unspecified atom stereocenters. The molecule has 0 radical (unpaired) electrons. The first-order valence-corrected chi connectivity index (χ1v) is 5.87. The van der Waals surface area contributed by atoms with Crippen molar-refractivity contribution in [2.45, 2.75) is 0 Å². The number of rotatable bonds is 2. The minimum atomic E-state index is 0.302. The minimum Gasteiger partial charge on any atom is -0.507 e. The van der Waals surface area contributed by atoms with E-state index in [0.717, 1.165) is 22.4 Å². The van der Waals surface area contributed by atoms with Gasteiger partial charge in [-0.25, -0.2) is 0 Å². The molecule has 0 amide bonds. The molecule has 0 fully saturated rings. The van der Waals surface area contributed by atoms with E-state index in [0.29, 0.717) is 5.75 Å². The van der Waals surface area contributed by atoms with Gasteiger partial charge in [-0.05, 0) is 17.7 Å². The zero-order valence-electron chi connectivity index (χ0n) is 9.80. The van der Waals surface area contributed by atoms with Crippen molar-refractivity contribution in [2.75, 3.05) is 0 Å². The fraction of sp³-hybridized carbons (Fsp3) is 0. The SMILES string of the molecule is Oc1ccccc1-c1c[nH]c(-c2ccccc2)c1. The Morgan fingerprint density at radius 1 is 0.778 bits per heavy atom. The van der Waals surface area contributed by atoms with Crippen LogP contribution < -0.4 is 0 Å². The molecule has 0 aliphatic rings. The Morgan fingerprint density at radius 2 is 1.50 bits per heavy atom. The normalized spacial score (nSPS) is 10.4. The molecular formula is C16H13NO. The van der Waals surface area contributed by atoms with E-state index >= 15 is 0 Å². The molecular weight excluding hydrogens is 222 g/mol. The largest absolute Gasteiger partial charge is 0.507 e. The van der Waals surface area contributed by atoms with Gasteiger partial charge in [0.15, 0.2) is 0 Å². The summed E-state index contributed by atoms with van der Waals surface area (Å²) in [6.07, 6.45) is 1.91. The molecule has 3 rings (SSSR count). The number of benzene rings is 2. The summed E-state index contributed by atoms with van der Waals surface area (Å²) in [5.74, 6) is 0.302. The van der Waals surface area contributed by atoms with Gasteiger partial charge in [-0.2, -0.15) is 0 Å². The lowest BCUT2D eigenvalue weighted by Gasteiger charge is -2.00. The molecule has 0 saturated heterocycles. The van der Waals surface area contributed by atoms with E-state index in [9.17, 15) is 5.11 Å². The number of aromatic amines is 1. The van der Waals surface area contributed by atoms with Crippen LogP contribution in [0.15, 0.2) is 66.9 Å². The van der Waals surface area contributed by atoms with E-state index in [2.05, 4.69) is 17.1 Å². The maximum Gasteiger partial charge on any atom is 0.123 e. The molecule has 0 saturated carbocycles. The smallest absolute Gasteiger partial charge is 0.123 e. The third-order valence-electron chi connectivity index (χ3n) is 2.98. The molecule has 2 aromatic carbocycles. The Morgan fingerprint density at radius 3 is 2.28 bits per heavy atom. The van der Waals surface area contributed by atoms with Crippen LogP contribution in [0.25, 0.3) is 22.4 Å². The molecule has 88 valence electrons. The van der Waals surface area contributed by atoms with Gasteiger partial charge in [0.2, 0.25) is 0 Å². The summed E-state index contributed by atoms with van der Waals surface area (Å²) in [4.78, 5) is 3.24. The quantitative estimate of drug-likeness (QED) is 0.690. The molecule has 0 bridgehead atoms. The molecule has 0 spiro atoms. The van der Waals surface area contributed by atoms with Gasteiger partial charge in [-0.3, -0.25) is 0 Å². The van der Waals surface area contributed by atoms with Crippen molar-refractivity contribution in [1.82, 2.24) is 4.98 Å². The molecule has 0 atom stereocenters. The van der Waals surface area contributed by atoms with Crippen LogP contribution in [0.1, 0.15) is 0 Å². The Bertz CT molecular complexity index is 656. The summed E-state index contributed by atoms with van der Waals surface area (Å²) in [5.41, 5.74) is 4.02. The lowest BCUT2D eigenvalue weighted by molar-refractivity contribution is 0.477. The van der Waals surface area contributed by atoms with Crippen molar-refractivity contribution in [3.8, 4) is 28.1 Å². The molecule has 1 aromatic heterocycles. The number of hydrogen-bond acceptors (Lipinski definition) is 1. The summed E-state index contributed by atoms with van der Waals surface area (Å²) in [6.45, 7) is 0. The van der Waals surface area contributed by atoms with E-state index in [4.69, 9.17) is 0 Å². The third-order valence-corrected chi connectivity index (χ3v) is 2.98. The van der Waals surface area contributed by atoms with E-state index in [1.54, 1.807) is 6.07 Å². The van der Waals surface area contributed by atoms with Gasteiger partial charge >= 0.3 is 0 Å². The first-order chi connectivity index (χ1) is 8.84. The average molecular weight is 235 g/mol. The van der Waals surface area contributed by atoms with E-state index in [1.807, 2.05) is 48.7 Å². The summed E-state index contributed by atoms with van der Waals surface area (Å²) in [6, 6.07) is 19.5. The van der Waals surface area contributed by atoms with Crippen molar-refractivity contribution in [1.29, 1.82) is 0 Å². The van der Waals surface area contributed by atoms with Gasteiger partial charge in [0, 0.05) is 23.0 Å². The topological polar surface area (TPSA) is 36.0 Å². The van der Waals surface area contributed by atoms with Crippen LogP contribution in [0.2, 0.25) is 0 Å². The summed E-state index contributed by atoms with van der Waals surface area (Å²) in [7, 11) is 0. The van der Waals surface area contributed by atoms with Crippen molar-refractivity contribution >= 4 is 0 Å². The highest BCUT2D eigenvalue weighted by molar-refractivity contribution is 5.74. The first-order valence-electron chi connectivity index (χ1n) is 5.87. The Labute approximate surface area is 106 Å². The number of phenols is 1. The third kappa shape index (κ3) is 1.89. The molecule has 0 aliphatic heterocycles. The molecule has 2 nitrogen and oxygen atoms in total. The highest BCUT2D eigenvalue weighted by Crippen LogP contribution is 2.31. The lowest BCUT2D eigenvalue weighted by Crippen LogP contribution is -1.75. The van der Waals surface area contributed by atoms with Crippen LogP contribution in [-0.2, 0) is 0 Å². The Kier molecular flexibility index (Phi) is 2.61. The van der Waals surface area contributed by atoms with E-state index < -0.39 is 0 Å². The van der Waals surface area contributed by atoms with Crippen molar-refractivity contribution in [2.24, 2.45) is 0 Å². The highest BCUT2D eigenvalue weighted by Gasteiger charge is 2.06. The maximum absolute atomic E-state index is 9.83. The highest BCUT2D eigenvalue weighted by atomic mass is 16.3. The van der Waals surface area contributed by atoms with Gasteiger partial charge in [0.1, 0.15) is 5.75 Å². The van der Waals surface area contributed by atoms with Crippen LogP contribution in [0, 0.1) is 0 Å². The Hall–Kier alpha value is -2.48. The van der Waals surface area contributed by atoms with Gasteiger partial charge in [-0.15, -0.1) is 0 Å². The fourth-order valence-corrected chi connectivity index (χ4v) is 2.05. The van der Waals surface area contributed by atoms with Gasteiger partial charge < -0.3 is 10.1 Å². The number of aromatic hydroxyl groups is 1. The molecule has 0 aliphatic carbocycles. The molecule has 1 heterocycles. The summed E-state index contributed by atoms with van der Waals surface area (Å²) in [5, 5.41) is 9.83. The van der Waals surface area contributed by atoms with Crippen molar-refractivity contribution < 1.29 is 5.11 Å². The Balaban J connectivity index is 2.03. The number of H-pyrrole nitrogens is 1. The van der Waals surface area contributed by atoms with Crippen LogP contribution in [0.4, 0.5) is 0 Å². The predicted molar refractivity (Wildman–Crippen MR) is 73.3 cm³/mol. The summed E-state index contributed by atoms with van der Waals surface area (Å²) >= 11 is 0. The first kappa shape index (κ1) is 10.7. The monoisotopic (exact) mass is 235 g/mol. The number of hydrogen-bond donors (Lipinski definition) is 2. The number of nitrogens with one attached hydrogen (secondary N) is 1. The van der Waals surface area contributed by atoms with Gasteiger partial charge in [-0.1, -0.05) is 48.5 Å². The van der Waals surface area contributed by atoms with E-state index in [1.165, 1.54) is 0 Å². The molecule has 3 aromatic rings. The second-order valence-electron chi connectivity index (χ2n) is 4.19. The van der Waals surface area contributed by atoms with E-state index in [-0.39, 0.29) is 0 Å². The van der Waals surface area contributed by atoms with Crippen molar-refractivity contribution in [3.05, 3.63) is 66.9 Å². The number of para-hydroxylation sites is 1. The van der Waals surface area contributed by atoms with Crippen LogP contribution in [-0.4, -0.2) is 10.1 Å². The van der Waals surface area contributed by atoms with Crippen LogP contribution in [0.5, 0.6) is 5.75 Å². The zero-order valence-corrected chi connectivity index (χ0v) is 9.80. The van der Waals surface area contributed by atoms with Gasteiger partial charge in [0.25, 0.3) is 0 Å². The standard InChI is InChI=1S/C16H13NO/c18-16-9-5-4-8-14(16)13-10-15(17-11-13)12-6-2-1-3-7-12/h1-11,17-18H. The average Bonchev–Trinajstić information content (AvgIpc) is 2.90. The molecule has 2 heteroatoms.